The molecule has 172 valence electrons. The maximum Gasteiger partial charge on any atom is 0.412 e. The smallest absolute Gasteiger partial charge is 0.412 e. The fourth-order valence-electron chi connectivity index (χ4n) is 3.14. The number of pyridine rings is 1. The molecule has 0 spiro atoms. The summed E-state index contributed by atoms with van der Waals surface area (Å²) < 4.78 is 18.9. The van der Waals surface area contributed by atoms with Gasteiger partial charge in [0.1, 0.15) is 18.2 Å². The average Bonchev–Trinajstić information content (AvgIpc) is 2.82. The molecule has 3 amide bonds. The predicted octanol–water partition coefficient (Wildman–Crippen LogP) is 5.36. The number of aromatic nitrogens is 1. The second-order valence-corrected chi connectivity index (χ2v) is 7.68. The van der Waals surface area contributed by atoms with Gasteiger partial charge in [0.05, 0.1) is 11.1 Å². The monoisotopic (exact) mass is 470 g/mol. The van der Waals surface area contributed by atoms with E-state index in [1.165, 1.54) is 17.0 Å². The third-order valence-electron chi connectivity index (χ3n) is 5.04. The van der Waals surface area contributed by atoms with Gasteiger partial charge in [0.2, 0.25) is 0 Å². The van der Waals surface area contributed by atoms with Crippen molar-refractivity contribution in [2.24, 2.45) is 0 Å². The van der Waals surface area contributed by atoms with E-state index in [2.05, 4.69) is 22.2 Å². The van der Waals surface area contributed by atoms with Gasteiger partial charge in [0, 0.05) is 25.2 Å². The maximum atomic E-state index is 13.6. The van der Waals surface area contributed by atoms with Crippen molar-refractivity contribution < 1.29 is 18.7 Å². The lowest BCUT2D eigenvalue weighted by molar-refractivity contribution is 0.118. The van der Waals surface area contributed by atoms with Gasteiger partial charge in [-0.15, -0.1) is 6.58 Å². The van der Waals surface area contributed by atoms with Gasteiger partial charge in [-0.3, -0.25) is 5.32 Å². The van der Waals surface area contributed by atoms with Gasteiger partial charge in [-0.1, -0.05) is 54.1 Å². The molecule has 3 aromatic rings. The van der Waals surface area contributed by atoms with E-state index in [0.29, 0.717) is 17.8 Å². The number of urea groups is 1. The summed E-state index contributed by atoms with van der Waals surface area (Å²) in [5.41, 5.74) is 0.456. The van der Waals surface area contributed by atoms with Crippen molar-refractivity contribution in [3.05, 3.63) is 83.8 Å². The highest BCUT2D eigenvalue weighted by Crippen LogP contribution is 2.19. The van der Waals surface area contributed by atoms with Crippen LogP contribution in [0, 0.1) is 5.82 Å². The predicted molar refractivity (Wildman–Crippen MR) is 127 cm³/mol. The molecule has 2 aromatic carbocycles. The molecule has 0 fully saturated rings. The summed E-state index contributed by atoms with van der Waals surface area (Å²) >= 11 is 5.93. The first-order chi connectivity index (χ1) is 15.9. The maximum absolute atomic E-state index is 13.6. The van der Waals surface area contributed by atoms with Gasteiger partial charge in [0.25, 0.3) is 0 Å². The minimum Gasteiger partial charge on any atom is -0.447 e. The quantitative estimate of drug-likeness (QED) is 0.434. The van der Waals surface area contributed by atoms with Gasteiger partial charge in [-0.25, -0.2) is 19.0 Å². The molecular formula is C24H24ClFN4O3. The summed E-state index contributed by atoms with van der Waals surface area (Å²) in [6, 6.07) is 12.9. The number of nitrogens with zero attached hydrogens (tertiary/aromatic N) is 2. The van der Waals surface area contributed by atoms with Crippen molar-refractivity contribution in [1.82, 2.24) is 15.2 Å². The van der Waals surface area contributed by atoms with Crippen molar-refractivity contribution in [3.8, 4) is 0 Å². The highest BCUT2D eigenvalue weighted by atomic mass is 35.5. The van der Waals surface area contributed by atoms with E-state index in [9.17, 15) is 14.0 Å². The number of rotatable bonds is 8. The Hall–Kier alpha value is -3.65. The van der Waals surface area contributed by atoms with Crippen LogP contribution in [0.1, 0.15) is 12.0 Å². The highest BCUT2D eigenvalue weighted by Gasteiger charge is 2.21. The molecule has 9 heteroatoms. The number of hydrogen-bond donors (Lipinski definition) is 2. The van der Waals surface area contributed by atoms with Crippen molar-refractivity contribution in [2.45, 2.75) is 19.0 Å². The van der Waals surface area contributed by atoms with E-state index in [1.54, 1.807) is 31.5 Å². The fourth-order valence-corrected chi connectivity index (χ4v) is 3.33. The van der Waals surface area contributed by atoms with Crippen LogP contribution in [-0.2, 0) is 11.3 Å². The molecule has 1 aromatic heterocycles. The number of fused-ring (bicyclic) bond motifs is 1. The molecular weight excluding hydrogens is 447 g/mol. The molecule has 1 atom stereocenters. The third-order valence-corrected chi connectivity index (χ3v) is 5.46. The first-order valence-electron chi connectivity index (χ1n) is 10.2. The van der Waals surface area contributed by atoms with E-state index in [4.69, 9.17) is 16.3 Å². The number of halogens is 2. The Balaban J connectivity index is 1.54. The van der Waals surface area contributed by atoms with E-state index in [1.807, 2.05) is 24.3 Å². The zero-order valence-electron chi connectivity index (χ0n) is 18.1. The molecule has 0 saturated carbocycles. The Bertz CT molecular complexity index is 1160. The molecule has 2 N–H and O–H groups in total. The summed E-state index contributed by atoms with van der Waals surface area (Å²) in [6.07, 6.45) is 3.00. The lowest BCUT2D eigenvalue weighted by Gasteiger charge is -2.27. The Morgan fingerprint density at radius 2 is 2.00 bits per heavy atom. The third kappa shape index (κ3) is 6.43. The summed E-state index contributed by atoms with van der Waals surface area (Å²) in [6.45, 7) is 3.69. The van der Waals surface area contributed by atoms with E-state index < -0.39 is 24.0 Å². The van der Waals surface area contributed by atoms with E-state index in [-0.39, 0.29) is 18.2 Å². The lowest BCUT2D eigenvalue weighted by Crippen LogP contribution is -2.45. The van der Waals surface area contributed by atoms with Crippen LogP contribution >= 0.6 is 11.6 Å². The molecule has 7 nitrogen and oxygen atoms in total. The van der Waals surface area contributed by atoms with E-state index >= 15 is 0 Å². The van der Waals surface area contributed by atoms with Gasteiger partial charge in [0.15, 0.2) is 0 Å². The van der Waals surface area contributed by atoms with Gasteiger partial charge in [-0.05, 0) is 29.5 Å². The van der Waals surface area contributed by atoms with Gasteiger partial charge < -0.3 is 15.0 Å². The topological polar surface area (TPSA) is 83.6 Å². The Kier molecular flexibility index (Phi) is 8.21. The SMILES string of the molecule is C=CCC(COC(=O)Nc1cc2ccccc2cn1)N(C)C(=O)NCc1cccc(F)c1Cl. The van der Waals surface area contributed by atoms with Crippen LogP contribution in [0.4, 0.5) is 19.8 Å². The van der Waals surface area contributed by atoms with Crippen molar-refractivity contribution >= 4 is 40.3 Å². The standard InChI is InChI=1S/C24H24ClFN4O3/c1-3-7-19(30(2)23(31)28-14-18-10-6-11-20(26)22(18)25)15-33-24(32)29-21-12-16-8-4-5-9-17(16)13-27-21/h3-6,8-13,19H,1,7,14-15H2,2H3,(H,28,31)(H,27,29,32). The Morgan fingerprint density at radius 1 is 1.24 bits per heavy atom. The van der Waals surface area contributed by atoms with Crippen LogP contribution in [0.5, 0.6) is 0 Å². The first-order valence-corrected chi connectivity index (χ1v) is 10.6. The first kappa shape index (κ1) is 24.0. The number of likely N-dealkylation sites (N-methyl/N-ethyl adjacent to an activating group) is 1. The molecule has 3 rings (SSSR count). The number of carbonyl (C=O) groups excluding carboxylic acids is 2. The average molecular weight is 471 g/mol. The Labute approximate surface area is 196 Å². The van der Waals surface area contributed by atoms with Crippen molar-refractivity contribution in [2.75, 3.05) is 19.0 Å². The number of hydrogen-bond acceptors (Lipinski definition) is 4. The van der Waals surface area contributed by atoms with Crippen LogP contribution in [0.25, 0.3) is 10.8 Å². The lowest BCUT2D eigenvalue weighted by atomic mass is 10.2. The van der Waals surface area contributed by atoms with Gasteiger partial charge >= 0.3 is 12.1 Å². The zero-order valence-corrected chi connectivity index (χ0v) is 18.8. The number of amides is 3. The van der Waals surface area contributed by atoms with Crippen LogP contribution in [0.2, 0.25) is 5.02 Å². The van der Waals surface area contributed by atoms with Crippen molar-refractivity contribution in [3.63, 3.8) is 0 Å². The number of carbonyl (C=O) groups is 2. The normalized spacial score (nSPS) is 11.5. The second-order valence-electron chi connectivity index (χ2n) is 7.30. The molecule has 1 heterocycles. The van der Waals surface area contributed by atoms with Crippen LogP contribution in [0.15, 0.2) is 67.4 Å². The molecule has 0 bridgehead atoms. The molecule has 0 saturated heterocycles. The second kappa shape index (κ2) is 11.3. The number of benzene rings is 2. The summed E-state index contributed by atoms with van der Waals surface area (Å²) in [5, 5.41) is 7.13. The molecule has 0 aliphatic rings. The number of ether oxygens (including phenoxy) is 1. The molecule has 33 heavy (non-hydrogen) atoms. The minimum absolute atomic E-state index is 0.0367. The Morgan fingerprint density at radius 3 is 2.76 bits per heavy atom. The minimum atomic E-state index is -0.688. The summed E-state index contributed by atoms with van der Waals surface area (Å²) in [5.74, 6) is -0.196. The molecule has 0 radical (unpaired) electrons. The molecule has 0 aliphatic carbocycles. The summed E-state index contributed by atoms with van der Waals surface area (Å²) in [4.78, 5) is 30.4. The fraction of sp³-hybridized carbons (Fsp3) is 0.208. The van der Waals surface area contributed by atoms with Crippen LogP contribution in [-0.4, -0.2) is 41.7 Å². The van der Waals surface area contributed by atoms with Crippen molar-refractivity contribution in [1.29, 1.82) is 0 Å². The number of nitrogens with one attached hydrogen (secondary N) is 2. The highest BCUT2D eigenvalue weighted by molar-refractivity contribution is 6.31. The molecule has 0 aliphatic heterocycles. The number of anilines is 1. The van der Waals surface area contributed by atoms with Crippen LogP contribution < -0.4 is 10.6 Å². The van der Waals surface area contributed by atoms with E-state index in [0.717, 1.165) is 10.8 Å². The molecule has 1 unspecified atom stereocenters. The summed E-state index contributed by atoms with van der Waals surface area (Å²) in [7, 11) is 1.57. The van der Waals surface area contributed by atoms with Crippen LogP contribution in [0.3, 0.4) is 0 Å². The zero-order chi connectivity index (χ0) is 23.8. The largest absolute Gasteiger partial charge is 0.447 e. The van der Waals surface area contributed by atoms with Gasteiger partial charge in [-0.2, -0.15) is 0 Å².